The second kappa shape index (κ2) is 8.26. The van der Waals surface area contributed by atoms with Gasteiger partial charge in [-0.2, -0.15) is 5.10 Å². The molecule has 0 spiro atoms. The van der Waals surface area contributed by atoms with Gasteiger partial charge in [-0.05, 0) is 62.4 Å². The highest BCUT2D eigenvalue weighted by Crippen LogP contribution is 2.24. The summed E-state index contributed by atoms with van der Waals surface area (Å²) in [5.41, 5.74) is 2.19. The fourth-order valence-electron chi connectivity index (χ4n) is 2.26. The number of halogens is 3. The van der Waals surface area contributed by atoms with Gasteiger partial charge in [0.2, 0.25) is 0 Å². The van der Waals surface area contributed by atoms with Gasteiger partial charge in [0, 0.05) is 4.47 Å². The fraction of sp³-hybridized carbons (Fsp3) is 0.250. The number of benzene rings is 1. The number of esters is 1. The van der Waals surface area contributed by atoms with Crippen LogP contribution in [0.25, 0.3) is 5.69 Å². The van der Waals surface area contributed by atoms with Gasteiger partial charge >= 0.3 is 5.97 Å². The number of carbonyl (C=O) groups is 1. The lowest BCUT2D eigenvalue weighted by molar-refractivity contribution is 0.0599. The molecule has 0 radical (unpaired) electrons. The minimum absolute atomic E-state index is 0.203. The zero-order chi connectivity index (χ0) is 17.0. The van der Waals surface area contributed by atoms with Gasteiger partial charge in [-0.1, -0.05) is 35.0 Å². The van der Waals surface area contributed by atoms with Gasteiger partial charge in [0.15, 0.2) is 0 Å². The molecule has 1 atom stereocenters. The number of aromatic nitrogens is 2. The molecule has 7 heteroatoms. The number of ether oxygens (including phenoxy) is 1. The second-order valence-electron chi connectivity index (χ2n) is 5.03. The van der Waals surface area contributed by atoms with E-state index in [0.29, 0.717) is 12.0 Å². The number of hydrogen-bond acceptors (Lipinski definition) is 3. The molecule has 0 aliphatic carbocycles. The van der Waals surface area contributed by atoms with E-state index in [4.69, 9.17) is 4.74 Å². The number of rotatable bonds is 5. The van der Waals surface area contributed by atoms with Crippen molar-refractivity contribution in [2.45, 2.75) is 13.3 Å². The third-order valence-electron chi connectivity index (χ3n) is 3.25. The van der Waals surface area contributed by atoms with Gasteiger partial charge in [-0.3, -0.25) is 0 Å². The Balaban J connectivity index is 2.49. The molecule has 0 aliphatic heterocycles. The van der Waals surface area contributed by atoms with Crippen molar-refractivity contribution in [3.05, 3.63) is 55.7 Å². The normalized spacial score (nSPS) is 11.9. The summed E-state index contributed by atoms with van der Waals surface area (Å²) in [5.74, 6) is -0.176. The van der Waals surface area contributed by atoms with Gasteiger partial charge in [-0.25, -0.2) is 9.48 Å². The van der Waals surface area contributed by atoms with Crippen molar-refractivity contribution in [3.63, 3.8) is 0 Å². The van der Waals surface area contributed by atoms with Crippen LogP contribution in [0.4, 0.5) is 0 Å². The van der Waals surface area contributed by atoms with E-state index in [1.165, 1.54) is 7.11 Å². The average molecular weight is 507 g/mol. The van der Waals surface area contributed by atoms with Crippen LogP contribution in [-0.2, 0) is 11.2 Å². The molecule has 1 aromatic heterocycles. The topological polar surface area (TPSA) is 44.1 Å². The first-order valence-electron chi connectivity index (χ1n) is 6.86. The van der Waals surface area contributed by atoms with Crippen molar-refractivity contribution < 1.29 is 9.53 Å². The van der Waals surface area contributed by atoms with Crippen LogP contribution in [0.5, 0.6) is 0 Å². The van der Waals surface area contributed by atoms with Crippen LogP contribution in [0, 0.1) is 5.92 Å². The van der Waals surface area contributed by atoms with E-state index in [-0.39, 0.29) is 11.9 Å². The van der Waals surface area contributed by atoms with E-state index < -0.39 is 0 Å². The van der Waals surface area contributed by atoms with E-state index in [1.807, 2.05) is 30.3 Å². The molecule has 0 amide bonds. The predicted molar refractivity (Wildman–Crippen MR) is 101 cm³/mol. The second-order valence-corrected chi connectivity index (χ2v) is 8.71. The Kier molecular flexibility index (Phi) is 6.61. The molecule has 122 valence electrons. The van der Waals surface area contributed by atoms with Crippen LogP contribution in [-0.4, -0.2) is 22.9 Å². The smallest absolute Gasteiger partial charge is 0.341 e. The van der Waals surface area contributed by atoms with Crippen LogP contribution in [0.3, 0.4) is 0 Å². The monoisotopic (exact) mass is 504 g/mol. The maximum Gasteiger partial charge on any atom is 0.341 e. The number of carbonyl (C=O) groups excluding carboxylic acids is 1. The highest BCUT2D eigenvalue weighted by atomic mass is 79.9. The summed E-state index contributed by atoms with van der Waals surface area (Å²) in [4.78, 5) is 12.0. The van der Waals surface area contributed by atoms with Crippen molar-refractivity contribution in [2.24, 2.45) is 5.92 Å². The van der Waals surface area contributed by atoms with Gasteiger partial charge in [0.25, 0.3) is 0 Å². The zero-order valence-electron chi connectivity index (χ0n) is 12.6. The van der Waals surface area contributed by atoms with Crippen molar-refractivity contribution in [1.82, 2.24) is 9.78 Å². The minimum atomic E-state index is -0.379. The molecule has 1 unspecified atom stereocenters. The van der Waals surface area contributed by atoms with Crippen molar-refractivity contribution in [1.29, 1.82) is 0 Å². The molecule has 0 N–H and O–H groups in total. The van der Waals surface area contributed by atoms with E-state index >= 15 is 0 Å². The van der Waals surface area contributed by atoms with E-state index in [1.54, 1.807) is 10.9 Å². The molecule has 4 nitrogen and oxygen atoms in total. The number of hydrogen-bond donors (Lipinski definition) is 0. The molecule has 1 heterocycles. The highest BCUT2D eigenvalue weighted by Gasteiger charge is 2.20. The molecular weight excluding hydrogens is 492 g/mol. The van der Waals surface area contributed by atoms with Gasteiger partial charge in [-0.15, -0.1) is 0 Å². The van der Waals surface area contributed by atoms with Crippen molar-refractivity contribution in [2.75, 3.05) is 7.11 Å². The minimum Gasteiger partial charge on any atom is -0.465 e. The van der Waals surface area contributed by atoms with Gasteiger partial charge in [0.1, 0.15) is 5.56 Å². The molecular formula is C16H15Br3N2O2. The third kappa shape index (κ3) is 4.78. The van der Waals surface area contributed by atoms with E-state index in [9.17, 15) is 4.79 Å². The average Bonchev–Trinajstić information content (AvgIpc) is 2.89. The summed E-state index contributed by atoms with van der Waals surface area (Å²) in [5, 5.41) is 4.38. The van der Waals surface area contributed by atoms with Crippen LogP contribution in [0.15, 0.2) is 44.4 Å². The van der Waals surface area contributed by atoms with Crippen LogP contribution < -0.4 is 0 Å². The molecule has 1 aromatic carbocycles. The highest BCUT2D eigenvalue weighted by molar-refractivity contribution is 9.28. The lowest BCUT2D eigenvalue weighted by atomic mass is 10.0. The lowest BCUT2D eigenvalue weighted by Crippen LogP contribution is -2.11. The van der Waals surface area contributed by atoms with Crippen LogP contribution in [0.1, 0.15) is 23.0 Å². The molecule has 2 rings (SSSR count). The third-order valence-corrected chi connectivity index (χ3v) is 4.27. The number of allylic oxidation sites excluding steroid dienone is 1. The first kappa shape index (κ1) is 18.4. The largest absolute Gasteiger partial charge is 0.465 e. The van der Waals surface area contributed by atoms with E-state index in [0.717, 1.165) is 19.2 Å². The Hall–Kier alpha value is -0.920. The SMILES string of the molecule is COC(=O)c1cnn(-c2cccc(Br)c2)c1CC(C)C=C(Br)Br. The summed E-state index contributed by atoms with van der Waals surface area (Å²) in [6.07, 6.45) is 4.23. The van der Waals surface area contributed by atoms with Gasteiger partial charge in [0.05, 0.1) is 28.1 Å². The molecule has 0 aliphatic rings. The Morgan fingerprint density at radius 3 is 2.78 bits per heavy atom. The quantitative estimate of drug-likeness (QED) is 0.521. The summed E-state index contributed by atoms with van der Waals surface area (Å²) in [6.45, 7) is 2.07. The summed E-state index contributed by atoms with van der Waals surface area (Å²) in [6, 6.07) is 7.78. The maximum absolute atomic E-state index is 12.0. The van der Waals surface area contributed by atoms with Crippen LogP contribution >= 0.6 is 47.8 Å². The molecule has 2 aromatic rings. The first-order chi connectivity index (χ1) is 10.9. The summed E-state index contributed by atoms with van der Waals surface area (Å²) >= 11 is 10.2. The van der Waals surface area contributed by atoms with E-state index in [2.05, 4.69) is 59.8 Å². The lowest BCUT2D eigenvalue weighted by Gasteiger charge is -2.12. The molecule has 0 fully saturated rings. The Morgan fingerprint density at radius 1 is 1.43 bits per heavy atom. The first-order valence-corrected chi connectivity index (χ1v) is 9.24. The summed E-state index contributed by atoms with van der Waals surface area (Å²) in [7, 11) is 1.38. The zero-order valence-corrected chi connectivity index (χ0v) is 17.4. The Labute approximate surface area is 160 Å². The van der Waals surface area contributed by atoms with Crippen molar-refractivity contribution in [3.8, 4) is 5.69 Å². The van der Waals surface area contributed by atoms with Crippen LogP contribution in [0.2, 0.25) is 0 Å². The standard InChI is InChI=1S/C16H15Br3N2O2/c1-10(7-15(18)19)6-14-13(16(22)23-2)9-20-21(14)12-5-3-4-11(17)8-12/h3-5,7-10H,6H2,1-2H3. The predicted octanol–water partition coefficient (Wildman–Crippen LogP) is 5.23. The Morgan fingerprint density at radius 2 is 2.17 bits per heavy atom. The number of methoxy groups -OCH3 is 1. The Bertz CT molecular complexity index is 737. The fourth-order valence-corrected chi connectivity index (χ4v) is 3.55. The van der Waals surface area contributed by atoms with Gasteiger partial charge < -0.3 is 4.74 Å². The molecule has 0 saturated heterocycles. The maximum atomic E-state index is 12.0. The molecule has 0 bridgehead atoms. The number of nitrogens with zero attached hydrogens (tertiary/aromatic N) is 2. The molecule has 0 saturated carbocycles. The molecule has 23 heavy (non-hydrogen) atoms. The summed E-state index contributed by atoms with van der Waals surface area (Å²) < 4.78 is 8.49. The van der Waals surface area contributed by atoms with Crippen molar-refractivity contribution >= 4 is 53.8 Å².